The van der Waals surface area contributed by atoms with Gasteiger partial charge in [-0.2, -0.15) is 0 Å². The predicted molar refractivity (Wildman–Crippen MR) is 120 cm³/mol. The van der Waals surface area contributed by atoms with Crippen molar-refractivity contribution in [3.8, 4) is 0 Å². The van der Waals surface area contributed by atoms with Gasteiger partial charge in [0.05, 0.1) is 0 Å². The molecule has 3 heterocycles. The summed E-state index contributed by atoms with van der Waals surface area (Å²) >= 11 is 0. The maximum atomic E-state index is 14.4. The molecule has 0 aliphatic carbocycles. The van der Waals surface area contributed by atoms with Crippen molar-refractivity contribution >= 4 is 17.5 Å². The van der Waals surface area contributed by atoms with Crippen LogP contribution in [-0.4, -0.2) is 28.7 Å². The van der Waals surface area contributed by atoms with Crippen molar-refractivity contribution in [1.82, 2.24) is 0 Å². The molecule has 0 radical (unpaired) electrons. The molecule has 34 heavy (non-hydrogen) atoms. The lowest BCUT2D eigenvalue weighted by Gasteiger charge is -2.44. The topological polar surface area (TPSA) is 88.1 Å². The van der Waals surface area contributed by atoms with Gasteiger partial charge in [0.2, 0.25) is 5.60 Å². The van der Waals surface area contributed by atoms with Gasteiger partial charge in [-0.3, -0.25) is 23.8 Å². The van der Waals surface area contributed by atoms with Crippen molar-refractivity contribution < 1.29 is 33.3 Å². The van der Waals surface area contributed by atoms with E-state index in [1.165, 1.54) is 0 Å². The highest BCUT2D eigenvalue weighted by molar-refractivity contribution is 6.19. The van der Waals surface area contributed by atoms with Crippen molar-refractivity contribution in [1.29, 1.82) is 0 Å². The van der Waals surface area contributed by atoms with E-state index in [9.17, 15) is 14.4 Å². The van der Waals surface area contributed by atoms with Crippen LogP contribution in [-0.2, 0) is 45.1 Å². The Morgan fingerprint density at radius 2 is 1.18 bits per heavy atom. The summed E-state index contributed by atoms with van der Waals surface area (Å²) in [6.45, 7) is 10.1. The van der Waals surface area contributed by atoms with Crippen LogP contribution < -0.4 is 0 Å². The first-order chi connectivity index (χ1) is 15.8. The van der Waals surface area contributed by atoms with E-state index in [1.54, 1.807) is 102 Å². The van der Waals surface area contributed by atoms with Gasteiger partial charge in [0.1, 0.15) is 0 Å². The lowest BCUT2D eigenvalue weighted by atomic mass is 9.62. The van der Waals surface area contributed by atoms with E-state index in [-0.39, 0.29) is 0 Å². The molecule has 0 unspecified atom stereocenters. The number of hydrogen-bond donors (Lipinski definition) is 0. The lowest BCUT2D eigenvalue weighted by Crippen LogP contribution is -2.72. The molecule has 2 bridgehead atoms. The van der Waals surface area contributed by atoms with Crippen LogP contribution in [0.3, 0.4) is 0 Å². The average Bonchev–Trinajstić information content (AvgIpc) is 3.30. The fraction of sp³-hybridized carbons (Fsp3) is 0.444. The van der Waals surface area contributed by atoms with E-state index in [0.717, 1.165) is 0 Å². The highest BCUT2D eigenvalue weighted by Gasteiger charge is 2.97. The Balaban J connectivity index is 1.91. The molecule has 3 aliphatic heterocycles. The Morgan fingerprint density at radius 3 is 1.68 bits per heavy atom. The quantitative estimate of drug-likeness (QED) is 0.499. The Bertz CT molecular complexity index is 1190. The zero-order valence-electron chi connectivity index (χ0n) is 20.1. The van der Waals surface area contributed by atoms with Gasteiger partial charge in [-0.1, -0.05) is 102 Å². The first-order valence-corrected chi connectivity index (χ1v) is 11.3. The van der Waals surface area contributed by atoms with Crippen molar-refractivity contribution in [2.45, 2.75) is 64.5 Å². The summed E-state index contributed by atoms with van der Waals surface area (Å²) < 4.78 is 25.1. The minimum Gasteiger partial charge on any atom is -0.422 e. The average molecular weight is 465 g/mol. The second-order valence-corrected chi connectivity index (χ2v) is 11.1. The number of ether oxygens (including phenoxy) is 4. The molecule has 0 aromatic heterocycles. The first-order valence-electron chi connectivity index (χ1n) is 11.3. The van der Waals surface area contributed by atoms with Gasteiger partial charge in [-0.25, -0.2) is 4.79 Å². The molecule has 0 N–H and O–H groups in total. The summed E-state index contributed by atoms with van der Waals surface area (Å²) in [4.78, 5) is 42.3. The summed E-state index contributed by atoms with van der Waals surface area (Å²) in [5, 5.41) is 0. The number of hydrogen-bond acceptors (Lipinski definition) is 7. The number of benzene rings is 2. The standard InChI is InChI=1S/C27H28O7/c1-22(2,3)19(28)24-21(30)31-26(17-13-9-7-10-14-17)25(24,20(29)23(4,5)6)33-27(32-24,34-26)18-15-11-8-12-16-18/h7-16H,1-6H3/t24-,25-,26-,27-/m1/s1. The molecule has 5 rings (SSSR count). The molecule has 2 aromatic carbocycles. The molecule has 2 aromatic rings. The Kier molecular flexibility index (Phi) is 4.46. The predicted octanol–water partition coefficient (Wildman–Crippen LogP) is 3.99. The highest BCUT2D eigenvalue weighted by Crippen LogP contribution is 2.72. The third-order valence-corrected chi connectivity index (χ3v) is 6.62. The van der Waals surface area contributed by atoms with Crippen LogP contribution in [0, 0.1) is 10.8 Å². The molecule has 3 saturated heterocycles. The molecule has 3 aliphatic rings. The number of carbonyl (C=O) groups is 3. The van der Waals surface area contributed by atoms with Crippen molar-refractivity contribution in [3.63, 3.8) is 0 Å². The minimum atomic E-state index is -2.36. The number of ketones is 2. The van der Waals surface area contributed by atoms with Crippen molar-refractivity contribution in [2.75, 3.05) is 0 Å². The number of Topliss-reactive ketones (excluding diaryl/α,β-unsaturated/α-hetero) is 2. The zero-order valence-corrected chi connectivity index (χ0v) is 20.1. The van der Waals surface area contributed by atoms with Gasteiger partial charge in [0, 0.05) is 22.0 Å². The summed E-state index contributed by atoms with van der Waals surface area (Å²) in [6, 6.07) is 17.3. The summed E-state index contributed by atoms with van der Waals surface area (Å²) in [5.74, 6) is -6.16. The maximum Gasteiger partial charge on any atom is 0.353 e. The molecule has 7 nitrogen and oxygen atoms in total. The van der Waals surface area contributed by atoms with Crippen LogP contribution in [0.15, 0.2) is 60.7 Å². The Labute approximate surface area is 198 Å². The van der Waals surface area contributed by atoms with E-state index in [1.807, 2.05) is 0 Å². The monoisotopic (exact) mass is 464 g/mol. The van der Waals surface area contributed by atoms with Gasteiger partial charge in [0.25, 0.3) is 11.4 Å². The maximum absolute atomic E-state index is 14.4. The van der Waals surface area contributed by atoms with E-state index in [4.69, 9.17) is 18.9 Å². The van der Waals surface area contributed by atoms with Gasteiger partial charge in [0.15, 0.2) is 11.6 Å². The van der Waals surface area contributed by atoms with E-state index < -0.39 is 51.3 Å². The summed E-state index contributed by atoms with van der Waals surface area (Å²) in [7, 11) is 0. The van der Waals surface area contributed by atoms with Crippen LogP contribution in [0.5, 0.6) is 0 Å². The van der Waals surface area contributed by atoms with E-state index >= 15 is 0 Å². The normalized spacial score (nSPS) is 34.2. The Hall–Kier alpha value is -2.87. The smallest absolute Gasteiger partial charge is 0.353 e. The first kappa shape index (κ1) is 22.9. The van der Waals surface area contributed by atoms with Crippen LogP contribution >= 0.6 is 0 Å². The SMILES string of the molecule is CC(C)(C)C(=O)[C@@]12O[C@@]3(c4ccccc4)O[C@@](c4ccccc4)(OC1=O)[C@]2(C(=O)C(C)(C)C)O3. The highest BCUT2D eigenvalue weighted by atomic mass is 17.0. The van der Waals surface area contributed by atoms with Gasteiger partial charge in [-0.15, -0.1) is 0 Å². The fourth-order valence-corrected chi connectivity index (χ4v) is 5.16. The molecule has 0 saturated carbocycles. The van der Waals surface area contributed by atoms with Gasteiger partial charge >= 0.3 is 11.9 Å². The zero-order chi connectivity index (χ0) is 24.8. The second kappa shape index (κ2) is 6.62. The molecule has 4 atom stereocenters. The number of esters is 1. The molecule has 3 fully saturated rings. The number of fused-ring (bicyclic) bond motifs is 1. The molecule has 0 spiro atoms. The molecule has 0 amide bonds. The number of rotatable bonds is 4. The van der Waals surface area contributed by atoms with Gasteiger partial charge < -0.3 is 4.74 Å². The third-order valence-electron chi connectivity index (χ3n) is 6.62. The third kappa shape index (κ3) is 2.49. The molecular weight excluding hydrogens is 436 g/mol. The molecule has 7 heteroatoms. The molecular formula is C27H28O7. The van der Waals surface area contributed by atoms with E-state index in [0.29, 0.717) is 11.1 Å². The van der Waals surface area contributed by atoms with Crippen molar-refractivity contribution in [2.24, 2.45) is 10.8 Å². The van der Waals surface area contributed by atoms with Crippen molar-refractivity contribution in [3.05, 3.63) is 71.8 Å². The summed E-state index contributed by atoms with van der Waals surface area (Å²) in [6.07, 6.45) is 0. The Morgan fingerprint density at radius 1 is 0.676 bits per heavy atom. The van der Waals surface area contributed by atoms with Crippen LogP contribution in [0.1, 0.15) is 52.7 Å². The van der Waals surface area contributed by atoms with Crippen LogP contribution in [0.4, 0.5) is 0 Å². The second-order valence-electron chi connectivity index (χ2n) is 11.1. The lowest BCUT2D eigenvalue weighted by molar-refractivity contribution is -0.374. The van der Waals surface area contributed by atoms with Crippen LogP contribution in [0.25, 0.3) is 0 Å². The fourth-order valence-electron chi connectivity index (χ4n) is 5.16. The van der Waals surface area contributed by atoms with Crippen LogP contribution in [0.2, 0.25) is 0 Å². The summed E-state index contributed by atoms with van der Waals surface area (Å²) in [5.41, 5.74) is -5.90. The largest absolute Gasteiger partial charge is 0.422 e. The molecule has 178 valence electrons. The van der Waals surface area contributed by atoms with E-state index in [2.05, 4.69) is 0 Å². The minimum absolute atomic E-state index is 0.380. The number of carbonyl (C=O) groups excluding carboxylic acids is 3. The van der Waals surface area contributed by atoms with Gasteiger partial charge in [-0.05, 0) is 0 Å².